The molecule has 1 nitrogen and oxygen atoms in total. The molecule has 1 aliphatic rings. The van der Waals surface area contributed by atoms with Crippen LogP contribution in [0.3, 0.4) is 0 Å². The van der Waals surface area contributed by atoms with Gasteiger partial charge in [-0.15, -0.1) is 11.6 Å². The van der Waals surface area contributed by atoms with Crippen molar-refractivity contribution in [1.82, 2.24) is 0 Å². The van der Waals surface area contributed by atoms with E-state index >= 15 is 0 Å². The van der Waals surface area contributed by atoms with Crippen molar-refractivity contribution in [2.24, 2.45) is 11.3 Å². The summed E-state index contributed by atoms with van der Waals surface area (Å²) in [5, 5.41) is 0. The second kappa shape index (κ2) is 5.08. The molecule has 1 aromatic rings. The van der Waals surface area contributed by atoms with Crippen molar-refractivity contribution in [2.45, 2.75) is 39.7 Å². The van der Waals surface area contributed by atoms with Gasteiger partial charge in [0.25, 0.3) is 0 Å². The Kier molecular flexibility index (Phi) is 3.86. The smallest absolute Gasteiger partial charge is 0.123 e. The van der Waals surface area contributed by atoms with Crippen LogP contribution >= 0.6 is 11.6 Å². The molecule has 0 spiro atoms. The molecule has 2 unspecified atom stereocenters. The molecule has 0 amide bonds. The van der Waals surface area contributed by atoms with Gasteiger partial charge >= 0.3 is 0 Å². The maximum absolute atomic E-state index is 13.1. The molecule has 0 aliphatic carbocycles. The van der Waals surface area contributed by atoms with Crippen LogP contribution in [0.1, 0.15) is 32.8 Å². The van der Waals surface area contributed by atoms with Gasteiger partial charge in [0.1, 0.15) is 17.7 Å². The number of hydrogen-bond acceptors (Lipinski definition) is 1. The molecular weight excluding hydrogens is 251 g/mol. The standard InChI is InChI=1S/C15H20ClFO/c1-10(2)15(3,9-16)8-13-7-11-6-12(17)4-5-14(11)18-13/h4-6,10,13H,7-9H2,1-3H3. The fraction of sp³-hybridized carbons (Fsp3) is 0.600. The molecule has 3 heteroatoms. The summed E-state index contributed by atoms with van der Waals surface area (Å²) in [7, 11) is 0. The average Bonchev–Trinajstić information content (AvgIpc) is 2.69. The molecular formula is C15H20ClFO. The molecule has 0 fully saturated rings. The van der Waals surface area contributed by atoms with Crippen LogP contribution in [0.4, 0.5) is 4.39 Å². The molecule has 2 rings (SSSR count). The van der Waals surface area contributed by atoms with Gasteiger partial charge in [0, 0.05) is 17.9 Å². The summed E-state index contributed by atoms with van der Waals surface area (Å²) in [6.07, 6.45) is 1.81. The molecule has 0 aromatic heterocycles. The fourth-order valence-electron chi connectivity index (χ4n) is 2.37. The minimum Gasteiger partial charge on any atom is -0.490 e. The van der Waals surface area contributed by atoms with Crippen molar-refractivity contribution in [3.05, 3.63) is 29.6 Å². The van der Waals surface area contributed by atoms with Gasteiger partial charge in [-0.1, -0.05) is 20.8 Å². The van der Waals surface area contributed by atoms with Gasteiger partial charge in [-0.3, -0.25) is 0 Å². The SMILES string of the molecule is CC(C)C(C)(CCl)CC1Cc2cc(F)ccc2O1. The van der Waals surface area contributed by atoms with Crippen molar-refractivity contribution >= 4 is 11.6 Å². The Labute approximate surface area is 113 Å². The maximum Gasteiger partial charge on any atom is 0.123 e. The maximum atomic E-state index is 13.1. The summed E-state index contributed by atoms with van der Waals surface area (Å²) in [5.41, 5.74) is 1.04. The first-order valence-electron chi connectivity index (χ1n) is 6.45. The first-order chi connectivity index (χ1) is 8.44. The second-order valence-electron chi connectivity index (χ2n) is 5.84. The molecule has 1 heterocycles. The quantitative estimate of drug-likeness (QED) is 0.736. The minimum absolute atomic E-state index is 0.0623. The largest absolute Gasteiger partial charge is 0.490 e. The topological polar surface area (TPSA) is 9.23 Å². The molecule has 2 atom stereocenters. The summed E-state index contributed by atoms with van der Waals surface area (Å²) in [6.45, 7) is 6.56. The first kappa shape index (κ1) is 13.7. The fourth-order valence-corrected chi connectivity index (χ4v) is 2.79. The zero-order valence-corrected chi connectivity index (χ0v) is 11.9. The van der Waals surface area contributed by atoms with E-state index in [0.29, 0.717) is 11.8 Å². The first-order valence-corrected chi connectivity index (χ1v) is 6.99. The van der Waals surface area contributed by atoms with Crippen LogP contribution in [-0.4, -0.2) is 12.0 Å². The van der Waals surface area contributed by atoms with Crippen LogP contribution in [0.2, 0.25) is 0 Å². The zero-order valence-electron chi connectivity index (χ0n) is 11.2. The third-order valence-corrected chi connectivity index (χ3v) is 4.77. The number of alkyl halides is 1. The van der Waals surface area contributed by atoms with Gasteiger partial charge in [0.15, 0.2) is 0 Å². The predicted molar refractivity (Wildman–Crippen MR) is 72.8 cm³/mol. The lowest BCUT2D eigenvalue weighted by Crippen LogP contribution is -2.32. The lowest BCUT2D eigenvalue weighted by molar-refractivity contribution is 0.125. The number of hydrogen-bond donors (Lipinski definition) is 0. The molecule has 0 bridgehead atoms. The van der Waals surface area contributed by atoms with Crippen molar-refractivity contribution in [1.29, 1.82) is 0 Å². The van der Waals surface area contributed by atoms with Crippen LogP contribution in [0.25, 0.3) is 0 Å². The van der Waals surface area contributed by atoms with Gasteiger partial charge in [-0.05, 0) is 36.0 Å². The number of rotatable bonds is 4. The van der Waals surface area contributed by atoms with E-state index in [1.807, 2.05) is 0 Å². The van der Waals surface area contributed by atoms with E-state index in [0.717, 1.165) is 24.2 Å². The molecule has 100 valence electrons. The molecule has 0 saturated carbocycles. The highest BCUT2D eigenvalue weighted by Crippen LogP contribution is 2.39. The minimum atomic E-state index is -0.193. The van der Waals surface area contributed by atoms with Gasteiger partial charge in [0.2, 0.25) is 0 Å². The highest BCUT2D eigenvalue weighted by molar-refractivity contribution is 6.18. The summed E-state index contributed by atoms with van der Waals surface area (Å²) < 4.78 is 19.0. The summed E-state index contributed by atoms with van der Waals surface area (Å²) in [4.78, 5) is 0. The van der Waals surface area contributed by atoms with Crippen LogP contribution in [0, 0.1) is 17.2 Å². The third-order valence-electron chi connectivity index (χ3n) is 4.16. The van der Waals surface area contributed by atoms with E-state index in [1.165, 1.54) is 6.07 Å². The third kappa shape index (κ3) is 2.64. The average molecular weight is 271 g/mol. The van der Waals surface area contributed by atoms with Crippen LogP contribution in [0.15, 0.2) is 18.2 Å². The monoisotopic (exact) mass is 270 g/mol. The zero-order chi connectivity index (χ0) is 13.3. The number of benzene rings is 1. The van der Waals surface area contributed by atoms with Crippen LogP contribution in [-0.2, 0) is 6.42 Å². The lowest BCUT2D eigenvalue weighted by atomic mass is 9.76. The van der Waals surface area contributed by atoms with Crippen molar-refractivity contribution in [3.63, 3.8) is 0 Å². The van der Waals surface area contributed by atoms with Gasteiger partial charge < -0.3 is 4.74 Å². The Morgan fingerprint density at radius 3 is 2.83 bits per heavy atom. The summed E-state index contributed by atoms with van der Waals surface area (Å²) in [6, 6.07) is 4.74. The van der Waals surface area contributed by atoms with Crippen molar-refractivity contribution in [2.75, 3.05) is 5.88 Å². The van der Waals surface area contributed by atoms with E-state index in [1.54, 1.807) is 12.1 Å². The van der Waals surface area contributed by atoms with E-state index in [4.69, 9.17) is 16.3 Å². The van der Waals surface area contributed by atoms with Gasteiger partial charge in [-0.25, -0.2) is 4.39 Å². The summed E-state index contributed by atoms with van der Waals surface area (Å²) >= 11 is 6.10. The van der Waals surface area contributed by atoms with Gasteiger partial charge in [-0.2, -0.15) is 0 Å². The summed E-state index contributed by atoms with van der Waals surface area (Å²) in [5.74, 6) is 1.75. The highest BCUT2D eigenvalue weighted by Gasteiger charge is 2.34. The number of ether oxygens (including phenoxy) is 1. The Balaban J connectivity index is 2.07. The predicted octanol–water partition coefficient (Wildman–Crippen LogP) is 4.42. The lowest BCUT2D eigenvalue weighted by Gasteiger charge is -2.33. The number of fused-ring (bicyclic) bond motifs is 1. The number of halogens is 2. The Morgan fingerprint density at radius 1 is 1.50 bits per heavy atom. The van der Waals surface area contributed by atoms with Gasteiger partial charge in [0.05, 0.1) is 0 Å². The van der Waals surface area contributed by atoms with Crippen molar-refractivity contribution in [3.8, 4) is 5.75 Å². The molecule has 0 saturated heterocycles. The molecule has 0 radical (unpaired) electrons. The van der Waals surface area contributed by atoms with E-state index in [9.17, 15) is 4.39 Å². The molecule has 1 aromatic carbocycles. The molecule has 0 N–H and O–H groups in total. The molecule has 1 aliphatic heterocycles. The van der Waals surface area contributed by atoms with Crippen molar-refractivity contribution < 1.29 is 9.13 Å². The Hall–Kier alpha value is -0.760. The van der Waals surface area contributed by atoms with E-state index in [-0.39, 0.29) is 17.3 Å². The van der Waals surface area contributed by atoms with E-state index in [2.05, 4.69) is 20.8 Å². The molecule has 18 heavy (non-hydrogen) atoms. The van der Waals surface area contributed by atoms with Crippen LogP contribution in [0.5, 0.6) is 5.75 Å². The highest BCUT2D eigenvalue weighted by atomic mass is 35.5. The second-order valence-corrected chi connectivity index (χ2v) is 6.11. The Bertz CT molecular complexity index is 433. The Morgan fingerprint density at radius 2 is 2.22 bits per heavy atom. The van der Waals surface area contributed by atoms with E-state index < -0.39 is 0 Å². The van der Waals surface area contributed by atoms with Crippen LogP contribution < -0.4 is 4.74 Å². The normalized spacial score (nSPS) is 21.6.